The molecule has 2 aromatic carbocycles. The maximum Gasteiger partial charge on any atom is 0.268 e. The Morgan fingerprint density at radius 2 is 2.10 bits per heavy atom. The minimum Gasteiger partial charge on any atom is -0.495 e. The van der Waals surface area contributed by atoms with Crippen molar-refractivity contribution < 1.29 is 19.1 Å². The molecule has 8 heteroatoms. The van der Waals surface area contributed by atoms with E-state index in [-0.39, 0.29) is 18.4 Å². The molecule has 0 spiro atoms. The van der Waals surface area contributed by atoms with E-state index in [1.165, 1.54) is 4.90 Å². The van der Waals surface area contributed by atoms with Crippen LogP contribution in [0.2, 0.25) is 0 Å². The molecule has 0 bridgehead atoms. The van der Waals surface area contributed by atoms with Crippen LogP contribution < -0.4 is 19.7 Å². The molecule has 4 rings (SSSR count). The summed E-state index contributed by atoms with van der Waals surface area (Å²) in [6.07, 6.45) is -0.116. The number of nitrogens with one attached hydrogen (secondary N) is 1. The van der Waals surface area contributed by atoms with Crippen molar-refractivity contribution in [2.24, 2.45) is 0 Å². The maximum absolute atomic E-state index is 13.1. The molecule has 0 radical (unpaired) electrons. The average molecular weight is 438 g/mol. The van der Waals surface area contributed by atoms with Crippen LogP contribution in [0.25, 0.3) is 11.3 Å². The van der Waals surface area contributed by atoms with Crippen molar-refractivity contribution in [3.8, 4) is 22.8 Å². The van der Waals surface area contributed by atoms with Crippen molar-refractivity contribution in [3.05, 3.63) is 52.9 Å². The number of aryl methyl sites for hydroxylation is 1. The number of nitrogens with zero attached hydrogens (tertiary/aromatic N) is 2. The van der Waals surface area contributed by atoms with Gasteiger partial charge in [-0.25, -0.2) is 4.98 Å². The third kappa shape index (κ3) is 4.25. The number of anilines is 2. The van der Waals surface area contributed by atoms with Gasteiger partial charge in [-0.15, -0.1) is 11.3 Å². The fourth-order valence-electron chi connectivity index (χ4n) is 3.48. The first-order valence-electron chi connectivity index (χ1n) is 9.97. The maximum atomic E-state index is 13.1. The molecule has 1 aromatic heterocycles. The predicted molar refractivity (Wildman–Crippen MR) is 121 cm³/mol. The summed E-state index contributed by atoms with van der Waals surface area (Å²) in [4.78, 5) is 31.9. The molecule has 0 saturated heterocycles. The number of ether oxygens (including phenoxy) is 2. The normalized spacial score (nSPS) is 15.3. The number of carbonyl (C=O) groups excluding carboxylic acids is 2. The number of carbonyl (C=O) groups is 2. The van der Waals surface area contributed by atoms with Crippen LogP contribution in [-0.2, 0) is 9.59 Å². The van der Waals surface area contributed by atoms with Crippen molar-refractivity contribution in [1.82, 2.24) is 4.98 Å². The Kier molecular flexibility index (Phi) is 5.90. The molecule has 0 fully saturated rings. The van der Waals surface area contributed by atoms with Crippen LogP contribution in [0.15, 0.2) is 47.8 Å². The highest BCUT2D eigenvalue weighted by Crippen LogP contribution is 2.38. The Balaban J connectivity index is 1.64. The number of hydrogen-bond donors (Lipinski definition) is 1. The lowest BCUT2D eigenvalue weighted by atomic mass is 10.1. The largest absolute Gasteiger partial charge is 0.495 e. The van der Waals surface area contributed by atoms with Gasteiger partial charge < -0.3 is 14.8 Å². The second kappa shape index (κ2) is 8.77. The first kappa shape index (κ1) is 20.9. The van der Waals surface area contributed by atoms with E-state index in [1.54, 1.807) is 30.6 Å². The first-order chi connectivity index (χ1) is 15.0. The van der Waals surface area contributed by atoms with Gasteiger partial charge in [-0.1, -0.05) is 19.1 Å². The van der Waals surface area contributed by atoms with Crippen LogP contribution in [0.1, 0.15) is 18.4 Å². The SMILES string of the molecule is CCC1Oc2ccc(-c3csc(C)n3)cc2N(CC(=O)Nc2ccccc2OC)C1=O. The second-order valence-corrected chi connectivity index (χ2v) is 8.18. The molecule has 31 heavy (non-hydrogen) atoms. The highest BCUT2D eigenvalue weighted by atomic mass is 32.1. The van der Waals surface area contributed by atoms with Gasteiger partial charge in [0, 0.05) is 10.9 Å². The van der Waals surface area contributed by atoms with Gasteiger partial charge in [0.25, 0.3) is 5.91 Å². The Morgan fingerprint density at radius 1 is 1.29 bits per heavy atom. The van der Waals surface area contributed by atoms with Gasteiger partial charge in [0.15, 0.2) is 6.10 Å². The number of fused-ring (bicyclic) bond motifs is 1. The van der Waals surface area contributed by atoms with Crippen molar-refractivity contribution in [3.63, 3.8) is 0 Å². The topological polar surface area (TPSA) is 80.8 Å². The second-order valence-electron chi connectivity index (χ2n) is 7.12. The summed E-state index contributed by atoms with van der Waals surface area (Å²) in [5, 5.41) is 5.76. The van der Waals surface area contributed by atoms with Gasteiger partial charge in [-0.05, 0) is 43.7 Å². The molecule has 0 saturated carbocycles. The van der Waals surface area contributed by atoms with Crippen molar-refractivity contribution in [2.45, 2.75) is 26.4 Å². The van der Waals surface area contributed by atoms with E-state index >= 15 is 0 Å². The number of benzene rings is 2. The molecule has 1 unspecified atom stereocenters. The van der Waals surface area contributed by atoms with Crippen LogP contribution in [0.3, 0.4) is 0 Å². The van der Waals surface area contributed by atoms with Crippen LogP contribution >= 0.6 is 11.3 Å². The van der Waals surface area contributed by atoms with Gasteiger partial charge in [0.2, 0.25) is 5.91 Å². The zero-order chi connectivity index (χ0) is 22.0. The molecular weight excluding hydrogens is 414 g/mol. The molecule has 3 aromatic rings. The van der Waals surface area contributed by atoms with E-state index in [0.717, 1.165) is 16.3 Å². The summed E-state index contributed by atoms with van der Waals surface area (Å²) in [5.41, 5.74) is 2.81. The van der Waals surface area contributed by atoms with Crippen LogP contribution in [0.5, 0.6) is 11.5 Å². The highest BCUT2D eigenvalue weighted by Gasteiger charge is 2.35. The Hall–Kier alpha value is -3.39. The quantitative estimate of drug-likeness (QED) is 0.623. The third-order valence-corrected chi connectivity index (χ3v) is 5.80. The molecule has 7 nitrogen and oxygen atoms in total. The van der Waals surface area contributed by atoms with E-state index in [9.17, 15) is 9.59 Å². The lowest BCUT2D eigenvalue weighted by Crippen LogP contribution is -2.48. The molecule has 2 heterocycles. The molecular formula is C23H23N3O4S. The van der Waals surface area contributed by atoms with Crippen LogP contribution in [0, 0.1) is 6.92 Å². The summed E-state index contributed by atoms with van der Waals surface area (Å²) < 4.78 is 11.2. The molecule has 2 amide bonds. The first-order valence-corrected chi connectivity index (χ1v) is 10.9. The van der Waals surface area contributed by atoms with Gasteiger partial charge in [-0.3, -0.25) is 14.5 Å². The van der Waals surface area contributed by atoms with Crippen molar-refractivity contribution in [2.75, 3.05) is 23.9 Å². The van der Waals surface area contributed by atoms with Crippen molar-refractivity contribution in [1.29, 1.82) is 0 Å². The minimum atomic E-state index is -0.626. The number of aromatic nitrogens is 1. The molecule has 160 valence electrons. The molecule has 1 aliphatic rings. The molecule has 0 aliphatic carbocycles. The van der Waals surface area contributed by atoms with Gasteiger partial charge in [-0.2, -0.15) is 0 Å². The standard InChI is InChI=1S/C23H23N3O4S/c1-4-19-23(28)26(12-22(27)25-16-7-5-6-8-20(16)29-3)18-11-15(9-10-21(18)30-19)17-13-31-14(2)24-17/h5-11,13,19H,4,12H2,1-3H3,(H,25,27). The summed E-state index contributed by atoms with van der Waals surface area (Å²) in [5.74, 6) is 0.566. The Morgan fingerprint density at radius 3 is 2.81 bits per heavy atom. The average Bonchev–Trinajstić information content (AvgIpc) is 3.21. The number of hydrogen-bond acceptors (Lipinski definition) is 6. The van der Waals surface area contributed by atoms with E-state index < -0.39 is 6.10 Å². The van der Waals surface area contributed by atoms with Gasteiger partial charge >= 0.3 is 0 Å². The van der Waals surface area contributed by atoms with E-state index in [2.05, 4.69) is 10.3 Å². The van der Waals surface area contributed by atoms with Gasteiger partial charge in [0.1, 0.15) is 18.0 Å². The van der Waals surface area contributed by atoms with E-state index in [0.29, 0.717) is 29.3 Å². The lowest BCUT2D eigenvalue weighted by Gasteiger charge is -2.34. The number of amides is 2. The van der Waals surface area contributed by atoms with Gasteiger partial charge in [0.05, 0.1) is 29.2 Å². The fourth-order valence-corrected chi connectivity index (χ4v) is 4.10. The third-order valence-electron chi connectivity index (χ3n) is 5.03. The zero-order valence-corrected chi connectivity index (χ0v) is 18.4. The number of thiazole rings is 1. The minimum absolute atomic E-state index is 0.136. The number of rotatable bonds is 6. The number of methoxy groups -OCH3 is 1. The monoisotopic (exact) mass is 437 g/mol. The summed E-state index contributed by atoms with van der Waals surface area (Å²) in [6, 6.07) is 12.8. The summed E-state index contributed by atoms with van der Waals surface area (Å²) >= 11 is 1.56. The molecule has 1 aliphatic heterocycles. The summed E-state index contributed by atoms with van der Waals surface area (Å²) in [7, 11) is 1.54. The van der Waals surface area contributed by atoms with E-state index in [1.807, 2.05) is 49.6 Å². The molecule has 1 N–H and O–H groups in total. The predicted octanol–water partition coefficient (Wildman–Crippen LogP) is 4.27. The van der Waals surface area contributed by atoms with E-state index in [4.69, 9.17) is 9.47 Å². The lowest BCUT2D eigenvalue weighted by molar-refractivity contribution is -0.128. The summed E-state index contributed by atoms with van der Waals surface area (Å²) in [6.45, 7) is 3.69. The highest BCUT2D eigenvalue weighted by molar-refractivity contribution is 7.09. The Labute approximate surface area is 184 Å². The smallest absolute Gasteiger partial charge is 0.268 e. The van der Waals surface area contributed by atoms with Crippen molar-refractivity contribution >= 4 is 34.5 Å². The fraction of sp³-hybridized carbons (Fsp3) is 0.261. The van der Waals surface area contributed by atoms with Crippen LogP contribution in [0.4, 0.5) is 11.4 Å². The molecule has 1 atom stereocenters. The zero-order valence-electron chi connectivity index (χ0n) is 17.5. The number of para-hydroxylation sites is 2. The van der Waals surface area contributed by atoms with Crippen LogP contribution in [-0.4, -0.2) is 36.6 Å². The Bertz CT molecular complexity index is 1130.